The van der Waals surface area contributed by atoms with E-state index in [0.717, 1.165) is 0 Å². The minimum absolute atomic E-state index is 0.0507. The van der Waals surface area contributed by atoms with Gasteiger partial charge in [-0.1, -0.05) is 6.92 Å². The smallest absolute Gasteiger partial charge is 0.332 e. The molecule has 11 heavy (non-hydrogen) atoms. The van der Waals surface area contributed by atoms with E-state index in [9.17, 15) is 13.2 Å². The molecule has 2 N–H and O–H groups in total. The molecule has 0 rings (SSSR count). The van der Waals surface area contributed by atoms with Crippen LogP contribution in [0.2, 0.25) is 0 Å². The number of carbonyl (C=O) groups is 1. The molecule has 0 fully saturated rings. The van der Waals surface area contributed by atoms with Crippen molar-refractivity contribution >= 4 is 16.1 Å². The summed E-state index contributed by atoms with van der Waals surface area (Å²) in [4.78, 5) is 10.2. The average molecular weight is 180 g/mol. The van der Waals surface area contributed by atoms with Crippen molar-refractivity contribution in [1.29, 1.82) is 0 Å². The summed E-state index contributed by atoms with van der Waals surface area (Å²) in [6.45, 7) is 1.48. The predicted octanol–water partition coefficient (Wildman–Crippen LogP) is 0.253. The molecule has 0 aliphatic heterocycles. The fourth-order valence-electron chi connectivity index (χ4n) is 0.465. The van der Waals surface area contributed by atoms with Gasteiger partial charge in [0.15, 0.2) is 0 Å². The van der Waals surface area contributed by atoms with E-state index in [1.165, 1.54) is 6.92 Å². The third-order valence-corrected chi connectivity index (χ3v) is 1.53. The highest BCUT2D eigenvalue weighted by atomic mass is 32.2. The number of carboxylic acids is 1. The second-order valence-electron chi connectivity index (χ2n) is 1.82. The van der Waals surface area contributed by atoms with Crippen LogP contribution in [0.25, 0.3) is 0 Å². The van der Waals surface area contributed by atoms with Crippen molar-refractivity contribution in [2.24, 2.45) is 0 Å². The minimum atomic E-state index is -4.32. The number of hydrogen-bond donors (Lipinski definition) is 2. The van der Waals surface area contributed by atoms with Crippen LogP contribution in [0.1, 0.15) is 13.3 Å². The molecule has 0 aromatic rings. The van der Waals surface area contributed by atoms with Crippen molar-refractivity contribution in [3.05, 3.63) is 11.0 Å². The summed E-state index contributed by atoms with van der Waals surface area (Å²) >= 11 is 0. The quantitative estimate of drug-likeness (QED) is 0.480. The highest BCUT2D eigenvalue weighted by molar-refractivity contribution is 7.88. The maximum atomic E-state index is 10.2. The zero-order valence-corrected chi connectivity index (χ0v) is 6.63. The molecule has 0 amide bonds. The molecule has 0 bridgehead atoms. The number of aliphatic carboxylic acids is 1. The van der Waals surface area contributed by atoms with Gasteiger partial charge in [-0.05, 0) is 6.42 Å². The zero-order chi connectivity index (χ0) is 9.07. The molecule has 0 saturated carbocycles. The summed E-state index contributed by atoms with van der Waals surface area (Å²) in [6.07, 6.45) is 0.0507. The third kappa shape index (κ3) is 4.51. The van der Waals surface area contributed by atoms with E-state index in [4.69, 9.17) is 9.66 Å². The molecule has 0 aromatic heterocycles. The van der Waals surface area contributed by atoms with E-state index in [1.807, 2.05) is 0 Å². The highest BCUT2D eigenvalue weighted by Gasteiger charge is 2.08. The van der Waals surface area contributed by atoms with Crippen LogP contribution in [0.5, 0.6) is 0 Å². The average Bonchev–Trinajstić information content (AvgIpc) is 1.80. The molecule has 5 nitrogen and oxygen atoms in total. The summed E-state index contributed by atoms with van der Waals surface area (Å²) in [5.41, 5.74) is -0.340. The van der Waals surface area contributed by atoms with Crippen LogP contribution in [-0.4, -0.2) is 24.0 Å². The molecule has 0 radical (unpaired) electrons. The molecule has 0 spiro atoms. The van der Waals surface area contributed by atoms with Gasteiger partial charge in [0, 0.05) is 0 Å². The van der Waals surface area contributed by atoms with Crippen molar-refractivity contribution in [2.75, 3.05) is 0 Å². The summed E-state index contributed by atoms with van der Waals surface area (Å²) in [6, 6.07) is 0. The molecule has 64 valence electrons. The number of carboxylic acid groups (broad SMARTS) is 1. The van der Waals surface area contributed by atoms with Crippen LogP contribution in [-0.2, 0) is 14.9 Å². The van der Waals surface area contributed by atoms with Gasteiger partial charge in [-0.25, -0.2) is 4.79 Å². The Morgan fingerprint density at radius 2 is 2.00 bits per heavy atom. The second-order valence-corrected chi connectivity index (χ2v) is 3.08. The molecule has 0 aliphatic rings. The highest BCUT2D eigenvalue weighted by Crippen LogP contribution is 2.02. The van der Waals surface area contributed by atoms with Gasteiger partial charge in [0.1, 0.15) is 0 Å². The van der Waals surface area contributed by atoms with Crippen LogP contribution in [0.15, 0.2) is 11.0 Å². The fourth-order valence-corrected chi connectivity index (χ4v) is 1.09. The minimum Gasteiger partial charge on any atom is -0.478 e. The monoisotopic (exact) mass is 180 g/mol. The first-order chi connectivity index (χ1) is 4.87. The first kappa shape index (κ1) is 10.1. The van der Waals surface area contributed by atoms with E-state index in [-0.39, 0.29) is 12.0 Å². The molecule has 0 aromatic carbocycles. The van der Waals surface area contributed by atoms with Crippen LogP contribution < -0.4 is 0 Å². The number of rotatable bonds is 3. The lowest BCUT2D eigenvalue weighted by Gasteiger charge is -1.93. The van der Waals surface area contributed by atoms with Crippen molar-refractivity contribution in [3.63, 3.8) is 0 Å². The summed E-state index contributed by atoms with van der Waals surface area (Å²) in [5.74, 6) is -1.34. The maximum Gasteiger partial charge on any atom is 0.332 e. The first-order valence-corrected chi connectivity index (χ1v) is 4.28. The largest absolute Gasteiger partial charge is 0.478 e. The molecule has 0 aliphatic carbocycles. The predicted molar refractivity (Wildman–Crippen MR) is 37.6 cm³/mol. The lowest BCUT2D eigenvalue weighted by Crippen LogP contribution is -2.03. The van der Waals surface area contributed by atoms with Gasteiger partial charge in [-0.2, -0.15) is 8.42 Å². The first-order valence-electron chi connectivity index (χ1n) is 2.78. The Labute approximate surface area is 64.1 Å². The summed E-state index contributed by atoms with van der Waals surface area (Å²) in [7, 11) is -4.32. The van der Waals surface area contributed by atoms with Gasteiger partial charge in [-0.3, -0.25) is 4.55 Å². The van der Waals surface area contributed by atoms with Crippen molar-refractivity contribution in [3.8, 4) is 0 Å². The van der Waals surface area contributed by atoms with Crippen molar-refractivity contribution < 1.29 is 22.9 Å². The van der Waals surface area contributed by atoms with E-state index in [2.05, 4.69) is 0 Å². The molecular weight excluding hydrogens is 172 g/mol. The van der Waals surface area contributed by atoms with Crippen LogP contribution in [0, 0.1) is 0 Å². The Morgan fingerprint density at radius 1 is 1.55 bits per heavy atom. The van der Waals surface area contributed by atoms with E-state index < -0.39 is 16.1 Å². The van der Waals surface area contributed by atoms with E-state index >= 15 is 0 Å². The van der Waals surface area contributed by atoms with Crippen molar-refractivity contribution in [1.82, 2.24) is 0 Å². The molecule has 0 heterocycles. The van der Waals surface area contributed by atoms with E-state index in [1.54, 1.807) is 0 Å². The van der Waals surface area contributed by atoms with Gasteiger partial charge in [0.25, 0.3) is 10.1 Å². The summed E-state index contributed by atoms with van der Waals surface area (Å²) < 4.78 is 28.4. The lowest BCUT2D eigenvalue weighted by molar-refractivity contribution is -0.132. The van der Waals surface area contributed by atoms with E-state index in [0.29, 0.717) is 5.41 Å². The molecule has 6 heteroatoms. The normalized spacial score (nSPS) is 13.1. The van der Waals surface area contributed by atoms with Gasteiger partial charge >= 0.3 is 5.97 Å². The van der Waals surface area contributed by atoms with Gasteiger partial charge in [-0.15, -0.1) is 0 Å². The topological polar surface area (TPSA) is 91.7 Å². The zero-order valence-electron chi connectivity index (χ0n) is 5.81. The molecule has 0 unspecified atom stereocenters. The second kappa shape index (κ2) is 3.49. The Kier molecular flexibility index (Phi) is 3.21. The molecule has 0 atom stereocenters. The van der Waals surface area contributed by atoms with Gasteiger partial charge < -0.3 is 5.11 Å². The third-order valence-electron chi connectivity index (χ3n) is 0.947. The number of hydrogen-bond acceptors (Lipinski definition) is 3. The maximum absolute atomic E-state index is 10.2. The van der Waals surface area contributed by atoms with Crippen LogP contribution >= 0.6 is 0 Å². The standard InChI is InChI=1S/C5H8O5S/c1-2-4(5(6)7)3-11(8,9)10/h3H,2H2,1H3,(H,6,7)(H,8,9,10)/b4-3+. The molecular formula is C5H8O5S. The van der Waals surface area contributed by atoms with Crippen LogP contribution in [0.3, 0.4) is 0 Å². The fraction of sp³-hybridized carbons (Fsp3) is 0.400. The Bertz CT molecular complexity index is 273. The van der Waals surface area contributed by atoms with Gasteiger partial charge in [0.2, 0.25) is 0 Å². The van der Waals surface area contributed by atoms with Crippen LogP contribution in [0.4, 0.5) is 0 Å². The SMILES string of the molecule is CC/C(=C\S(=O)(=O)O)C(=O)O. The summed E-state index contributed by atoms with van der Waals surface area (Å²) in [5, 5.41) is 8.62. The molecule has 0 saturated heterocycles. The van der Waals surface area contributed by atoms with Crippen molar-refractivity contribution in [2.45, 2.75) is 13.3 Å². The Hall–Kier alpha value is -0.880. The Balaban J connectivity index is 4.79. The lowest BCUT2D eigenvalue weighted by atomic mass is 10.2. The Morgan fingerprint density at radius 3 is 2.09 bits per heavy atom. The van der Waals surface area contributed by atoms with Gasteiger partial charge in [0.05, 0.1) is 11.0 Å².